The van der Waals surface area contributed by atoms with E-state index in [2.05, 4.69) is 20.9 Å². The number of carbonyl (C=O) groups is 1. The Balaban J connectivity index is 1.94. The van der Waals surface area contributed by atoms with E-state index in [0.29, 0.717) is 22.9 Å². The van der Waals surface area contributed by atoms with Crippen molar-refractivity contribution >= 4 is 17.0 Å². The maximum absolute atomic E-state index is 11.6. The van der Waals surface area contributed by atoms with Crippen LogP contribution >= 0.6 is 0 Å². The van der Waals surface area contributed by atoms with Crippen molar-refractivity contribution in [2.45, 2.75) is 6.92 Å². The SMILES string of the molecule is C#CCOc1ccc(-c2nc3cnccc3[nH]2)c(OCC(=O)OCC)c1. The van der Waals surface area contributed by atoms with E-state index in [4.69, 9.17) is 20.6 Å². The van der Waals surface area contributed by atoms with Crippen LogP contribution in [0.1, 0.15) is 6.92 Å². The Hall–Kier alpha value is -3.53. The molecule has 0 unspecified atom stereocenters. The lowest BCUT2D eigenvalue weighted by molar-refractivity contribution is -0.145. The number of hydrogen-bond donors (Lipinski definition) is 1. The molecule has 0 radical (unpaired) electrons. The van der Waals surface area contributed by atoms with Gasteiger partial charge in [0.2, 0.25) is 0 Å². The zero-order valence-electron chi connectivity index (χ0n) is 14.2. The van der Waals surface area contributed by atoms with Crippen molar-refractivity contribution in [2.75, 3.05) is 19.8 Å². The lowest BCUT2D eigenvalue weighted by Gasteiger charge is -2.12. The van der Waals surface area contributed by atoms with E-state index < -0.39 is 5.97 Å². The standard InChI is InChI=1S/C19H17N3O4/c1-3-9-25-13-5-6-14(17(10-13)26-12-18(23)24-4-2)19-21-15-7-8-20-11-16(15)22-19/h1,5-8,10-11H,4,9,12H2,2H3,(H,21,22). The van der Waals surface area contributed by atoms with Gasteiger partial charge in [-0.15, -0.1) is 6.42 Å². The fourth-order valence-electron chi connectivity index (χ4n) is 2.36. The van der Waals surface area contributed by atoms with E-state index in [-0.39, 0.29) is 19.8 Å². The lowest BCUT2D eigenvalue weighted by atomic mass is 10.2. The van der Waals surface area contributed by atoms with Crippen LogP contribution < -0.4 is 9.47 Å². The lowest BCUT2D eigenvalue weighted by Crippen LogP contribution is -2.15. The molecule has 0 fully saturated rings. The Morgan fingerprint density at radius 1 is 1.31 bits per heavy atom. The first-order chi connectivity index (χ1) is 12.7. The van der Waals surface area contributed by atoms with Gasteiger partial charge in [-0.2, -0.15) is 0 Å². The number of H-pyrrole nitrogens is 1. The van der Waals surface area contributed by atoms with E-state index >= 15 is 0 Å². The van der Waals surface area contributed by atoms with Crippen LogP contribution in [-0.2, 0) is 9.53 Å². The highest BCUT2D eigenvalue weighted by Gasteiger charge is 2.14. The zero-order valence-corrected chi connectivity index (χ0v) is 14.2. The van der Waals surface area contributed by atoms with Crippen LogP contribution in [0.3, 0.4) is 0 Å². The normalized spacial score (nSPS) is 10.3. The summed E-state index contributed by atoms with van der Waals surface area (Å²) in [7, 11) is 0. The van der Waals surface area contributed by atoms with Crippen molar-refractivity contribution in [1.29, 1.82) is 0 Å². The van der Waals surface area contributed by atoms with Gasteiger partial charge in [-0.3, -0.25) is 4.98 Å². The van der Waals surface area contributed by atoms with Crippen molar-refractivity contribution < 1.29 is 19.0 Å². The van der Waals surface area contributed by atoms with E-state index in [1.54, 1.807) is 37.5 Å². The zero-order chi connectivity index (χ0) is 18.4. The number of aromatic amines is 1. The molecule has 3 aromatic rings. The number of fused-ring (bicyclic) bond motifs is 1. The van der Waals surface area contributed by atoms with Gasteiger partial charge >= 0.3 is 5.97 Å². The van der Waals surface area contributed by atoms with E-state index in [1.165, 1.54) is 0 Å². The summed E-state index contributed by atoms with van der Waals surface area (Å²) < 4.78 is 16.0. The number of terminal acetylenes is 1. The number of hydrogen-bond acceptors (Lipinski definition) is 6. The third-order valence-electron chi connectivity index (χ3n) is 3.47. The van der Waals surface area contributed by atoms with Gasteiger partial charge in [-0.1, -0.05) is 5.92 Å². The molecule has 0 aliphatic rings. The van der Waals surface area contributed by atoms with Crippen LogP contribution in [0.15, 0.2) is 36.7 Å². The maximum atomic E-state index is 11.6. The molecule has 3 rings (SSSR count). The summed E-state index contributed by atoms with van der Waals surface area (Å²) >= 11 is 0. The minimum Gasteiger partial charge on any atom is -0.481 e. The molecule has 0 spiro atoms. The summed E-state index contributed by atoms with van der Waals surface area (Å²) in [5.74, 6) is 3.50. The highest BCUT2D eigenvalue weighted by atomic mass is 16.6. The summed E-state index contributed by atoms with van der Waals surface area (Å²) in [6.07, 6.45) is 8.57. The summed E-state index contributed by atoms with van der Waals surface area (Å²) in [5, 5.41) is 0. The highest BCUT2D eigenvalue weighted by Crippen LogP contribution is 2.33. The number of ether oxygens (including phenoxy) is 3. The smallest absolute Gasteiger partial charge is 0.344 e. The molecule has 0 amide bonds. The molecular formula is C19H17N3O4. The summed E-state index contributed by atoms with van der Waals surface area (Å²) in [4.78, 5) is 23.4. The predicted molar refractivity (Wildman–Crippen MR) is 95.8 cm³/mol. The molecule has 0 saturated carbocycles. The number of pyridine rings is 1. The number of nitrogens with one attached hydrogen (secondary N) is 1. The predicted octanol–water partition coefficient (Wildman–Crippen LogP) is 2.58. The Morgan fingerprint density at radius 3 is 2.96 bits per heavy atom. The van der Waals surface area contributed by atoms with Crippen LogP contribution in [0.2, 0.25) is 0 Å². The van der Waals surface area contributed by atoms with Crippen LogP contribution in [0, 0.1) is 12.3 Å². The second kappa shape index (κ2) is 8.03. The fourth-order valence-corrected chi connectivity index (χ4v) is 2.36. The van der Waals surface area contributed by atoms with Crippen LogP contribution in [0.25, 0.3) is 22.4 Å². The first-order valence-corrected chi connectivity index (χ1v) is 8.00. The molecular weight excluding hydrogens is 334 g/mol. The van der Waals surface area contributed by atoms with Crippen molar-refractivity contribution in [2.24, 2.45) is 0 Å². The Bertz CT molecular complexity index is 926. The molecule has 7 heteroatoms. The van der Waals surface area contributed by atoms with Gasteiger partial charge in [0.25, 0.3) is 0 Å². The topological polar surface area (TPSA) is 86.3 Å². The first-order valence-electron chi connectivity index (χ1n) is 8.00. The number of imidazole rings is 1. The number of nitrogens with zero attached hydrogens (tertiary/aromatic N) is 2. The highest BCUT2D eigenvalue weighted by molar-refractivity contribution is 5.80. The minimum atomic E-state index is -0.456. The first kappa shape index (κ1) is 17.3. The molecule has 2 heterocycles. The van der Waals surface area contributed by atoms with E-state index in [1.807, 2.05) is 6.07 Å². The van der Waals surface area contributed by atoms with Gasteiger partial charge in [0, 0.05) is 12.3 Å². The van der Waals surface area contributed by atoms with Crippen molar-refractivity contribution in [1.82, 2.24) is 15.0 Å². The van der Waals surface area contributed by atoms with Crippen LogP contribution in [-0.4, -0.2) is 40.7 Å². The van der Waals surface area contributed by atoms with Gasteiger partial charge in [0.05, 0.1) is 23.9 Å². The average Bonchev–Trinajstić information content (AvgIpc) is 3.09. The number of benzene rings is 1. The molecule has 7 nitrogen and oxygen atoms in total. The molecule has 0 bridgehead atoms. The molecule has 1 aromatic carbocycles. The Kier molecular flexibility index (Phi) is 5.34. The molecule has 26 heavy (non-hydrogen) atoms. The average molecular weight is 351 g/mol. The molecule has 0 aliphatic carbocycles. The number of esters is 1. The minimum absolute atomic E-state index is 0.132. The summed E-state index contributed by atoms with van der Waals surface area (Å²) in [6, 6.07) is 7.04. The second-order valence-corrected chi connectivity index (χ2v) is 5.22. The molecule has 2 aromatic heterocycles. The third-order valence-corrected chi connectivity index (χ3v) is 3.47. The van der Waals surface area contributed by atoms with Gasteiger partial charge in [-0.25, -0.2) is 9.78 Å². The Morgan fingerprint density at radius 2 is 2.19 bits per heavy atom. The monoisotopic (exact) mass is 351 g/mol. The number of carbonyl (C=O) groups excluding carboxylic acids is 1. The molecule has 0 saturated heterocycles. The molecule has 1 N–H and O–H groups in total. The fraction of sp³-hybridized carbons (Fsp3) is 0.211. The van der Waals surface area contributed by atoms with Gasteiger partial charge in [0.15, 0.2) is 6.61 Å². The Labute approximate surface area is 150 Å². The summed E-state index contributed by atoms with van der Waals surface area (Å²) in [5.41, 5.74) is 2.25. The molecule has 0 atom stereocenters. The van der Waals surface area contributed by atoms with E-state index in [9.17, 15) is 4.79 Å². The van der Waals surface area contributed by atoms with Crippen LogP contribution in [0.5, 0.6) is 11.5 Å². The van der Waals surface area contributed by atoms with Gasteiger partial charge in [0.1, 0.15) is 29.4 Å². The van der Waals surface area contributed by atoms with Crippen LogP contribution in [0.4, 0.5) is 0 Å². The van der Waals surface area contributed by atoms with E-state index in [0.717, 1.165) is 11.0 Å². The third kappa shape index (κ3) is 3.92. The maximum Gasteiger partial charge on any atom is 0.344 e. The van der Waals surface area contributed by atoms with Gasteiger partial charge < -0.3 is 19.2 Å². The van der Waals surface area contributed by atoms with Crippen molar-refractivity contribution in [3.05, 3.63) is 36.7 Å². The van der Waals surface area contributed by atoms with Crippen molar-refractivity contribution in [3.8, 4) is 35.2 Å². The van der Waals surface area contributed by atoms with Gasteiger partial charge in [-0.05, 0) is 25.1 Å². The number of rotatable bonds is 7. The number of aromatic nitrogens is 3. The van der Waals surface area contributed by atoms with Crippen molar-refractivity contribution in [3.63, 3.8) is 0 Å². The largest absolute Gasteiger partial charge is 0.481 e. The summed E-state index contributed by atoms with van der Waals surface area (Å²) in [6.45, 7) is 1.94. The molecule has 132 valence electrons. The molecule has 0 aliphatic heterocycles. The quantitative estimate of drug-likeness (QED) is 0.520. The second-order valence-electron chi connectivity index (χ2n) is 5.22.